The van der Waals surface area contributed by atoms with E-state index in [1.807, 2.05) is 30.3 Å². The lowest BCUT2D eigenvalue weighted by atomic mass is 10.1. The highest BCUT2D eigenvalue weighted by Crippen LogP contribution is 2.22. The van der Waals surface area contributed by atoms with Crippen LogP contribution in [0.4, 0.5) is 5.95 Å². The molecule has 0 saturated carbocycles. The first-order valence-corrected chi connectivity index (χ1v) is 8.36. The molecule has 27 heavy (non-hydrogen) atoms. The molecule has 2 aromatic carbocycles. The summed E-state index contributed by atoms with van der Waals surface area (Å²) in [5, 5.41) is 9.28. The Morgan fingerprint density at radius 2 is 1.59 bits per heavy atom. The summed E-state index contributed by atoms with van der Waals surface area (Å²) in [6.07, 6.45) is -0.0410. The molecule has 0 unspecified atom stereocenters. The average Bonchev–Trinajstić information content (AvgIpc) is 3.25. The number of carbonyl (C=O) groups excluding carboxylic acids is 3. The van der Waals surface area contributed by atoms with Gasteiger partial charge in [0.25, 0.3) is 11.8 Å². The summed E-state index contributed by atoms with van der Waals surface area (Å²) >= 11 is 0. The minimum Gasteiger partial charge on any atom is -0.293 e. The lowest BCUT2D eigenvalue weighted by Crippen LogP contribution is -2.33. The van der Waals surface area contributed by atoms with Crippen molar-refractivity contribution < 1.29 is 14.4 Å². The second-order valence-electron chi connectivity index (χ2n) is 5.98. The third kappa shape index (κ3) is 3.20. The molecule has 2 N–H and O–H groups in total. The SMILES string of the molecule is O=C(CCN1C(=O)c2ccccc2C1=O)Nc1n[nH]c(-c2ccccc2)n1. The number of aromatic amines is 1. The van der Waals surface area contributed by atoms with Crippen LogP contribution in [0.2, 0.25) is 0 Å². The molecule has 1 aliphatic rings. The number of amides is 3. The van der Waals surface area contributed by atoms with E-state index >= 15 is 0 Å². The first-order valence-electron chi connectivity index (χ1n) is 8.36. The van der Waals surface area contributed by atoms with Gasteiger partial charge in [-0.2, -0.15) is 4.98 Å². The summed E-state index contributed by atoms with van der Waals surface area (Å²) in [6, 6.07) is 16.0. The van der Waals surface area contributed by atoms with Gasteiger partial charge in [-0.1, -0.05) is 42.5 Å². The zero-order valence-corrected chi connectivity index (χ0v) is 14.2. The predicted molar refractivity (Wildman–Crippen MR) is 96.9 cm³/mol. The molecule has 8 heteroatoms. The third-order valence-electron chi connectivity index (χ3n) is 4.22. The van der Waals surface area contributed by atoms with Crippen LogP contribution in [0.25, 0.3) is 11.4 Å². The Morgan fingerprint density at radius 3 is 2.26 bits per heavy atom. The van der Waals surface area contributed by atoms with E-state index in [4.69, 9.17) is 0 Å². The number of aromatic nitrogens is 3. The number of H-pyrrole nitrogens is 1. The molecule has 8 nitrogen and oxygen atoms in total. The Morgan fingerprint density at radius 1 is 0.963 bits per heavy atom. The van der Waals surface area contributed by atoms with Crippen LogP contribution in [0, 0.1) is 0 Å². The van der Waals surface area contributed by atoms with Gasteiger partial charge in [0.2, 0.25) is 11.9 Å². The smallest absolute Gasteiger partial charge is 0.261 e. The van der Waals surface area contributed by atoms with Crippen LogP contribution in [0.5, 0.6) is 0 Å². The Balaban J connectivity index is 1.37. The summed E-state index contributed by atoms with van der Waals surface area (Å²) in [7, 11) is 0. The van der Waals surface area contributed by atoms with Crippen LogP contribution in [-0.4, -0.2) is 44.3 Å². The van der Waals surface area contributed by atoms with E-state index in [0.717, 1.165) is 10.5 Å². The number of hydrogen-bond acceptors (Lipinski definition) is 5. The van der Waals surface area contributed by atoms with Crippen molar-refractivity contribution >= 4 is 23.7 Å². The predicted octanol–water partition coefficient (Wildman–Crippen LogP) is 2.10. The Labute approximate surface area is 154 Å². The number of carbonyl (C=O) groups is 3. The van der Waals surface area contributed by atoms with Crippen LogP contribution in [-0.2, 0) is 4.79 Å². The molecule has 0 radical (unpaired) electrons. The summed E-state index contributed by atoms with van der Waals surface area (Å²) in [5.41, 5.74) is 1.57. The molecule has 0 saturated heterocycles. The maximum atomic E-state index is 12.3. The van der Waals surface area contributed by atoms with Crippen LogP contribution >= 0.6 is 0 Å². The quantitative estimate of drug-likeness (QED) is 0.677. The van der Waals surface area contributed by atoms with Crippen molar-refractivity contribution in [3.8, 4) is 11.4 Å². The lowest BCUT2D eigenvalue weighted by Gasteiger charge is -2.12. The molecule has 3 amide bonds. The number of fused-ring (bicyclic) bond motifs is 1. The highest BCUT2D eigenvalue weighted by molar-refractivity contribution is 6.21. The van der Waals surface area contributed by atoms with Crippen LogP contribution in [0.3, 0.4) is 0 Å². The maximum Gasteiger partial charge on any atom is 0.261 e. The summed E-state index contributed by atoms with van der Waals surface area (Å²) in [5.74, 6) is -0.474. The fourth-order valence-electron chi connectivity index (χ4n) is 2.89. The molecule has 0 atom stereocenters. The fourth-order valence-corrected chi connectivity index (χ4v) is 2.89. The zero-order chi connectivity index (χ0) is 18.8. The standard InChI is InChI=1S/C19H15N5O3/c25-15(20-19-21-16(22-23-19)12-6-2-1-3-7-12)10-11-24-17(26)13-8-4-5-9-14(13)18(24)27/h1-9H,10-11H2,(H2,20,21,22,23,25). The zero-order valence-electron chi connectivity index (χ0n) is 14.2. The molecule has 0 fully saturated rings. The molecule has 0 bridgehead atoms. The topological polar surface area (TPSA) is 108 Å². The highest BCUT2D eigenvalue weighted by Gasteiger charge is 2.34. The van der Waals surface area contributed by atoms with Crippen molar-refractivity contribution in [1.29, 1.82) is 0 Å². The molecule has 0 spiro atoms. The molecule has 1 aliphatic heterocycles. The van der Waals surface area contributed by atoms with E-state index in [-0.39, 0.29) is 36.6 Å². The van der Waals surface area contributed by atoms with Gasteiger partial charge in [0, 0.05) is 18.5 Å². The van der Waals surface area contributed by atoms with E-state index in [1.54, 1.807) is 24.3 Å². The van der Waals surface area contributed by atoms with Gasteiger partial charge < -0.3 is 0 Å². The highest BCUT2D eigenvalue weighted by atomic mass is 16.2. The van der Waals surface area contributed by atoms with Gasteiger partial charge in [-0.15, -0.1) is 5.10 Å². The van der Waals surface area contributed by atoms with Crippen molar-refractivity contribution in [3.05, 3.63) is 65.7 Å². The first kappa shape index (κ1) is 16.6. The molecule has 134 valence electrons. The van der Waals surface area contributed by atoms with Crippen molar-refractivity contribution in [2.75, 3.05) is 11.9 Å². The van der Waals surface area contributed by atoms with E-state index in [2.05, 4.69) is 20.5 Å². The number of benzene rings is 2. The van der Waals surface area contributed by atoms with Crippen LogP contribution in [0.15, 0.2) is 54.6 Å². The van der Waals surface area contributed by atoms with Crippen molar-refractivity contribution in [2.24, 2.45) is 0 Å². The number of imide groups is 1. The number of rotatable bonds is 5. The maximum absolute atomic E-state index is 12.3. The average molecular weight is 361 g/mol. The largest absolute Gasteiger partial charge is 0.293 e. The van der Waals surface area contributed by atoms with E-state index < -0.39 is 0 Å². The van der Waals surface area contributed by atoms with E-state index in [9.17, 15) is 14.4 Å². The summed E-state index contributed by atoms with van der Waals surface area (Å²) in [6.45, 7) is -0.00581. The molecular formula is C19H15N5O3. The van der Waals surface area contributed by atoms with Gasteiger partial charge in [-0.05, 0) is 12.1 Å². The second kappa shape index (κ2) is 6.83. The minimum absolute atomic E-state index is 0.00581. The van der Waals surface area contributed by atoms with Gasteiger partial charge in [-0.3, -0.25) is 29.7 Å². The first-order chi connectivity index (χ1) is 13.1. The van der Waals surface area contributed by atoms with Crippen molar-refractivity contribution in [2.45, 2.75) is 6.42 Å². The van der Waals surface area contributed by atoms with Crippen LogP contribution in [0.1, 0.15) is 27.1 Å². The molecule has 1 aromatic heterocycles. The van der Waals surface area contributed by atoms with Gasteiger partial charge >= 0.3 is 0 Å². The monoisotopic (exact) mass is 361 g/mol. The normalized spacial score (nSPS) is 13.0. The van der Waals surface area contributed by atoms with Gasteiger partial charge in [0.05, 0.1) is 11.1 Å². The molecule has 0 aliphatic carbocycles. The number of anilines is 1. The second-order valence-corrected chi connectivity index (χ2v) is 5.98. The number of nitrogens with zero attached hydrogens (tertiary/aromatic N) is 3. The molecule has 4 rings (SSSR count). The summed E-state index contributed by atoms with van der Waals surface area (Å²) in [4.78, 5) is 42.0. The van der Waals surface area contributed by atoms with Gasteiger partial charge in [0.15, 0.2) is 5.82 Å². The van der Waals surface area contributed by atoms with Gasteiger partial charge in [0.1, 0.15) is 0 Å². The third-order valence-corrected chi connectivity index (χ3v) is 4.22. The minimum atomic E-state index is -0.384. The van der Waals surface area contributed by atoms with Crippen LogP contribution < -0.4 is 5.32 Å². The fraction of sp³-hybridized carbons (Fsp3) is 0.105. The Kier molecular flexibility index (Phi) is 4.21. The van der Waals surface area contributed by atoms with E-state index in [1.165, 1.54) is 0 Å². The lowest BCUT2D eigenvalue weighted by molar-refractivity contribution is -0.116. The molecule has 2 heterocycles. The summed E-state index contributed by atoms with van der Waals surface area (Å²) < 4.78 is 0. The van der Waals surface area contributed by atoms with E-state index in [0.29, 0.717) is 17.0 Å². The Hall–Kier alpha value is -3.81. The number of nitrogens with one attached hydrogen (secondary N) is 2. The number of hydrogen-bond donors (Lipinski definition) is 2. The molecule has 3 aromatic rings. The van der Waals surface area contributed by atoms with Crippen molar-refractivity contribution in [1.82, 2.24) is 20.1 Å². The Bertz CT molecular complexity index is 994. The molecular weight excluding hydrogens is 346 g/mol. The van der Waals surface area contributed by atoms with Gasteiger partial charge in [-0.25, -0.2) is 0 Å². The van der Waals surface area contributed by atoms with Crippen molar-refractivity contribution in [3.63, 3.8) is 0 Å².